The second-order valence-electron chi connectivity index (χ2n) is 15.5. The smallest absolute Gasteiger partial charge is 0.245 e. The summed E-state index contributed by atoms with van der Waals surface area (Å²) in [6.45, 7) is 18.7. The van der Waals surface area contributed by atoms with Crippen molar-refractivity contribution in [2.75, 3.05) is 13.1 Å². The number of hydrogen-bond acceptors (Lipinski definition) is 9. The van der Waals surface area contributed by atoms with E-state index in [0.29, 0.717) is 13.0 Å². The van der Waals surface area contributed by atoms with Crippen molar-refractivity contribution >= 4 is 65.4 Å². The van der Waals surface area contributed by atoms with Crippen LogP contribution in [0.1, 0.15) is 100 Å². The van der Waals surface area contributed by atoms with E-state index in [1.54, 1.807) is 32.6 Å². The van der Waals surface area contributed by atoms with Crippen LogP contribution in [0, 0.1) is 17.8 Å². The van der Waals surface area contributed by atoms with Gasteiger partial charge in [-0.2, -0.15) is 0 Å². The number of rotatable bonds is 21. The second-order valence-corrected chi connectivity index (χ2v) is 16.0. The molecular formula is C39H65Cl2N9O7. The first kappa shape index (κ1) is 51.0. The Morgan fingerprint density at radius 2 is 1.26 bits per heavy atom. The van der Waals surface area contributed by atoms with Crippen LogP contribution in [0.25, 0.3) is 0 Å². The summed E-state index contributed by atoms with van der Waals surface area (Å²) < 4.78 is 0. The maximum atomic E-state index is 13.3. The summed E-state index contributed by atoms with van der Waals surface area (Å²) in [5.41, 5.74) is 1.12. The van der Waals surface area contributed by atoms with Crippen LogP contribution in [0.15, 0.2) is 30.3 Å². The van der Waals surface area contributed by atoms with E-state index in [2.05, 4.69) is 41.6 Å². The number of benzene rings is 1. The van der Waals surface area contributed by atoms with Crippen LogP contribution < -0.4 is 41.6 Å². The van der Waals surface area contributed by atoms with Crippen LogP contribution in [-0.4, -0.2) is 102 Å². The summed E-state index contributed by atoms with van der Waals surface area (Å²) in [5.74, 6) is -2.81. The van der Waals surface area contributed by atoms with Gasteiger partial charge in [0.05, 0.1) is 18.1 Å². The zero-order valence-electron chi connectivity index (χ0n) is 34.9. The Kier molecular flexibility index (Phi) is 23.4. The normalized spacial score (nSPS) is 17.5. The average Bonchev–Trinajstić information content (AvgIpc) is 3.64. The maximum Gasteiger partial charge on any atom is 0.245 e. The third-order valence-electron chi connectivity index (χ3n) is 9.74. The van der Waals surface area contributed by atoms with E-state index >= 15 is 0 Å². The summed E-state index contributed by atoms with van der Waals surface area (Å²) in [6, 6.07) is 5.28. The minimum Gasteiger partial charge on any atom is -0.352 e. The fourth-order valence-electron chi connectivity index (χ4n) is 5.52. The van der Waals surface area contributed by atoms with Gasteiger partial charge in [0.1, 0.15) is 18.1 Å². The molecule has 8 N–H and O–H groups in total. The monoisotopic (exact) mass is 841 g/mol. The number of nitrogens with zero attached hydrogens (tertiary/aromatic N) is 1. The first-order chi connectivity index (χ1) is 26.8. The van der Waals surface area contributed by atoms with Gasteiger partial charge in [0.25, 0.3) is 0 Å². The first-order valence-electron chi connectivity index (χ1n) is 19.5. The van der Waals surface area contributed by atoms with Gasteiger partial charge in [-0.1, -0.05) is 71.9 Å². The predicted octanol–water partition coefficient (Wildman–Crippen LogP) is 2.17. The molecule has 1 aliphatic heterocycles. The van der Waals surface area contributed by atoms with Crippen molar-refractivity contribution in [3.63, 3.8) is 0 Å². The number of likely N-dealkylation sites (tertiary alicyclic amines) is 1. The molecule has 1 fully saturated rings. The number of hydrogen-bond donors (Lipinski definition) is 8. The van der Waals surface area contributed by atoms with E-state index in [0.717, 1.165) is 12.0 Å². The van der Waals surface area contributed by atoms with E-state index in [9.17, 15) is 33.6 Å². The molecule has 1 aliphatic rings. The van der Waals surface area contributed by atoms with Crippen molar-refractivity contribution < 1.29 is 33.6 Å². The van der Waals surface area contributed by atoms with Crippen molar-refractivity contribution in [2.45, 2.75) is 137 Å². The summed E-state index contributed by atoms with van der Waals surface area (Å²) in [6.07, 6.45) is 1.18. The van der Waals surface area contributed by atoms with Crippen molar-refractivity contribution in [2.24, 2.45) is 17.8 Å². The Bertz CT molecular complexity index is 1450. The van der Waals surface area contributed by atoms with E-state index in [-0.39, 0.29) is 67.1 Å². The summed E-state index contributed by atoms with van der Waals surface area (Å²) in [7, 11) is 0. The zero-order valence-corrected chi connectivity index (χ0v) is 36.4. The van der Waals surface area contributed by atoms with Gasteiger partial charge >= 0.3 is 0 Å². The molecule has 0 aliphatic carbocycles. The van der Waals surface area contributed by atoms with E-state index in [1.807, 2.05) is 71.9 Å². The largest absolute Gasteiger partial charge is 0.352 e. The molecule has 0 saturated carbocycles. The van der Waals surface area contributed by atoms with Gasteiger partial charge in [-0.15, -0.1) is 0 Å². The molecule has 16 nitrogen and oxygen atoms in total. The van der Waals surface area contributed by atoms with Crippen LogP contribution >= 0.6 is 23.6 Å². The number of amides is 7. The number of carbonyl (C=O) groups is 7. The van der Waals surface area contributed by atoms with Crippen molar-refractivity contribution in [3.8, 4) is 0 Å². The van der Waals surface area contributed by atoms with E-state index in [1.165, 1.54) is 0 Å². The number of nitrogens with one attached hydrogen (secondary N) is 8. The molecule has 4 unspecified atom stereocenters. The highest BCUT2D eigenvalue weighted by Crippen LogP contribution is 2.16. The molecule has 0 spiro atoms. The molecule has 1 aromatic carbocycles. The Morgan fingerprint density at radius 3 is 1.75 bits per heavy atom. The van der Waals surface area contributed by atoms with E-state index < -0.39 is 53.8 Å². The van der Waals surface area contributed by atoms with Gasteiger partial charge in [-0.25, -0.2) is 9.67 Å². The van der Waals surface area contributed by atoms with Gasteiger partial charge in [-0.3, -0.25) is 33.6 Å². The quantitative estimate of drug-likeness (QED) is 0.0671. The van der Waals surface area contributed by atoms with Crippen LogP contribution in [0.4, 0.5) is 0 Å². The lowest BCUT2D eigenvalue weighted by Gasteiger charge is -2.28. The van der Waals surface area contributed by atoms with Gasteiger partial charge in [-0.05, 0) is 87.4 Å². The second kappa shape index (κ2) is 26.1. The minimum absolute atomic E-state index is 0.0102. The summed E-state index contributed by atoms with van der Waals surface area (Å²) in [4.78, 5) is 93.8. The zero-order chi connectivity index (χ0) is 43.4. The van der Waals surface area contributed by atoms with Crippen LogP contribution in [0.3, 0.4) is 0 Å². The Balaban J connectivity index is 0.00000126. The van der Waals surface area contributed by atoms with Crippen molar-refractivity contribution in [3.05, 3.63) is 35.9 Å². The van der Waals surface area contributed by atoms with Crippen LogP contribution in [0.2, 0.25) is 0 Å². The molecule has 1 aromatic rings. The highest BCUT2D eigenvalue weighted by molar-refractivity contribution is 6.15. The third kappa shape index (κ3) is 18.0. The maximum absolute atomic E-state index is 13.3. The molecule has 0 aromatic heterocycles. The lowest BCUT2D eigenvalue weighted by Crippen LogP contribution is -2.58. The van der Waals surface area contributed by atoms with Gasteiger partial charge in [0.15, 0.2) is 0 Å². The lowest BCUT2D eigenvalue weighted by atomic mass is 10.0. The standard InChI is InChI=1S/C30H54Cl2N8O6.C9H11NO/c1-15(2)18(7)33-28(44)22(35-29(45)24(16(3)4)36-26(42)19(8)38-31)10-11-23(41)34-21-12-13-40(14-21)30(46)25(17(5)6)37-27(43)20(9)39-32;1-8(10-7-11)9-5-3-2-4-6-9/h15-22,24-25,38-39H,10-14H2,1-9H3,(H,33,44)(H,34,41)(H,35,45)(H,36,42)(H,37,43);2-8H,1H3,(H,10,11)/t18?,19-,20+,21+,22-,24?,25?;/m1./s1. The predicted molar refractivity (Wildman–Crippen MR) is 221 cm³/mol. The molecule has 7 amide bonds. The topological polar surface area (TPSA) is 219 Å². The molecule has 1 heterocycles. The lowest BCUT2D eigenvalue weighted by molar-refractivity contribution is -0.137. The molecule has 322 valence electrons. The fourth-order valence-corrected chi connectivity index (χ4v) is 5.71. The summed E-state index contributed by atoms with van der Waals surface area (Å²) >= 11 is 11.1. The Morgan fingerprint density at radius 1 is 0.719 bits per heavy atom. The summed E-state index contributed by atoms with van der Waals surface area (Å²) in [5, 5.41) is 16.6. The van der Waals surface area contributed by atoms with Crippen LogP contribution in [0.5, 0.6) is 0 Å². The molecule has 8 atom stereocenters. The molecule has 18 heteroatoms. The Hall–Kier alpha value is -3.99. The SMILES string of the molecule is CC(C)C(C)NC(=O)[C@@H](CCC(=O)N[C@H]1CCN(C(=O)C(NC(=O)[C@H](C)NCl)C(C)C)C1)NC(=O)C(NC(=O)[C@@H](C)NCl)C(C)C.CC(NC=O)c1ccccc1. The van der Waals surface area contributed by atoms with Gasteiger partial charge in [0, 0.05) is 31.6 Å². The van der Waals surface area contributed by atoms with Crippen LogP contribution in [-0.2, 0) is 33.6 Å². The molecule has 1 saturated heterocycles. The first-order valence-corrected chi connectivity index (χ1v) is 20.3. The van der Waals surface area contributed by atoms with Gasteiger partial charge < -0.3 is 36.8 Å². The minimum atomic E-state index is -1.04. The molecule has 2 rings (SSSR count). The van der Waals surface area contributed by atoms with E-state index in [4.69, 9.17) is 23.6 Å². The molecule has 57 heavy (non-hydrogen) atoms. The number of halogens is 2. The highest BCUT2D eigenvalue weighted by atomic mass is 35.5. The highest BCUT2D eigenvalue weighted by Gasteiger charge is 2.35. The van der Waals surface area contributed by atoms with Crippen molar-refractivity contribution in [1.82, 2.24) is 46.5 Å². The number of carbonyl (C=O) groups excluding carboxylic acids is 7. The van der Waals surface area contributed by atoms with Gasteiger partial charge in [0.2, 0.25) is 41.9 Å². The molecular weight excluding hydrogens is 777 g/mol. The third-order valence-corrected chi connectivity index (χ3v) is 10.4. The molecule has 0 radical (unpaired) electrons. The molecule has 0 bridgehead atoms. The fraction of sp³-hybridized carbons (Fsp3) is 0.667. The average molecular weight is 843 g/mol. The van der Waals surface area contributed by atoms with Crippen molar-refractivity contribution in [1.29, 1.82) is 0 Å². The Labute approximate surface area is 348 Å².